The molecule has 0 aliphatic carbocycles. The van der Waals surface area contributed by atoms with E-state index in [0.717, 1.165) is 10.0 Å². The van der Waals surface area contributed by atoms with Gasteiger partial charge in [-0.2, -0.15) is 0 Å². The highest BCUT2D eigenvalue weighted by atomic mass is 79.9. The second-order valence-corrected chi connectivity index (χ2v) is 5.22. The van der Waals surface area contributed by atoms with Crippen LogP contribution in [0.25, 0.3) is 5.57 Å². The minimum absolute atomic E-state index is 0.240. The molecule has 1 aliphatic heterocycles. The standard InChI is InChI=1S/C15H9BrN2O2/c16-10-3-4-13-11(6-10)12(15(20)18-13)7-14(19)9-2-1-5-17-8-9/h1-8H,(H,18,20). The van der Waals surface area contributed by atoms with Gasteiger partial charge >= 0.3 is 0 Å². The number of aromatic nitrogens is 1. The molecule has 5 heteroatoms. The van der Waals surface area contributed by atoms with Crippen molar-refractivity contribution in [3.63, 3.8) is 0 Å². The predicted octanol–water partition coefficient (Wildman–Crippen LogP) is 3.06. The number of amides is 1. The van der Waals surface area contributed by atoms with Gasteiger partial charge in [0.05, 0.1) is 5.57 Å². The molecule has 1 amide bonds. The molecule has 20 heavy (non-hydrogen) atoms. The lowest BCUT2D eigenvalue weighted by Gasteiger charge is -1.99. The number of halogens is 1. The van der Waals surface area contributed by atoms with Gasteiger partial charge < -0.3 is 5.32 Å². The summed E-state index contributed by atoms with van der Waals surface area (Å²) in [5.41, 5.74) is 2.26. The van der Waals surface area contributed by atoms with Gasteiger partial charge in [-0.1, -0.05) is 15.9 Å². The lowest BCUT2D eigenvalue weighted by molar-refractivity contribution is -0.110. The largest absolute Gasteiger partial charge is 0.321 e. The van der Waals surface area contributed by atoms with Crippen LogP contribution in [0.15, 0.2) is 53.3 Å². The van der Waals surface area contributed by atoms with E-state index in [1.165, 1.54) is 12.3 Å². The van der Waals surface area contributed by atoms with Crippen molar-refractivity contribution in [1.82, 2.24) is 4.98 Å². The van der Waals surface area contributed by atoms with Gasteiger partial charge in [-0.15, -0.1) is 0 Å². The molecule has 0 unspecified atom stereocenters. The zero-order chi connectivity index (χ0) is 14.1. The second kappa shape index (κ2) is 5.02. The quantitative estimate of drug-likeness (QED) is 0.680. The molecule has 1 aromatic carbocycles. The fourth-order valence-corrected chi connectivity index (χ4v) is 2.39. The lowest BCUT2D eigenvalue weighted by atomic mass is 10.0. The summed E-state index contributed by atoms with van der Waals surface area (Å²) in [6.07, 6.45) is 4.43. The molecule has 1 aromatic heterocycles. The van der Waals surface area contributed by atoms with Crippen molar-refractivity contribution in [2.24, 2.45) is 0 Å². The summed E-state index contributed by atoms with van der Waals surface area (Å²) in [5.74, 6) is -0.508. The van der Waals surface area contributed by atoms with Crippen LogP contribution in [0.3, 0.4) is 0 Å². The number of ketones is 1. The van der Waals surface area contributed by atoms with Gasteiger partial charge in [0.25, 0.3) is 5.91 Å². The Hall–Kier alpha value is -2.27. The topological polar surface area (TPSA) is 59.1 Å². The van der Waals surface area contributed by atoms with Gasteiger partial charge in [-0.3, -0.25) is 14.6 Å². The van der Waals surface area contributed by atoms with Gasteiger partial charge in [0, 0.05) is 33.7 Å². The molecule has 98 valence electrons. The fourth-order valence-electron chi connectivity index (χ4n) is 2.03. The third-order valence-electron chi connectivity index (χ3n) is 2.99. The van der Waals surface area contributed by atoms with E-state index in [2.05, 4.69) is 26.2 Å². The fraction of sp³-hybridized carbons (Fsp3) is 0. The Balaban J connectivity index is 2.03. The van der Waals surface area contributed by atoms with Crippen LogP contribution in [0.4, 0.5) is 5.69 Å². The van der Waals surface area contributed by atoms with Gasteiger partial charge in [-0.25, -0.2) is 0 Å². The molecule has 0 saturated heterocycles. The zero-order valence-corrected chi connectivity index (χ0v) is 11.8. The van der Waals surface area contributed by atoms with Crippen LogP contribution in [0.2, 0.25) is 0 Å². The van der Waals surface area contributed by atoms with E-state index in [1.807, 2.05) is 12.1 Å². The van der Waals surface area contributed by atoms with Gasteiger partial charge in [-0.05, 0) is 36.4 Å². The highest BCUT2D eigenvalue weighted by Crippen LogP contribution is 2.33. The number of nitrogens with zero attached hydrogens (tertiary/aromatic N) is 1. The number of carbonyl (C=O) groups excluding carboxylic acids is 2. The van der Waals surface area contributed by atoms with E-state index in [4.69, 9.17) is 0 Å². The van der Waals surface area contributed by atoms with Crippen LogP contribution in [-0.2, 0) is 4.79 Å². The molecular formula is C15H9BrN2O2. The molecule has 1 N–H and O–H groups in total. The number of benzene rings is 1. The van der Waals surface area contributed by atoms with Crippen molar-refractivity contribution in [2.45, 2.75) is 0 Å². The van der Waals surface area contributed by atoms with Gasteiger partial charge in [0.2, 0.25) is 0 Å². The number of rotatable bonds is 2. The number of carbonyl (C=O) groups is 2. The Kier molecular flexibility index (Phi) is 3.20. The summed E-state index contributed by atoms with van der Waals surface area (Å²) in [6, 6.07) is 8.80. The molecule has 3 rings (SSSR count). The molecule has 0 radical (unpaired) electrons. The Bertz CT molecular complexity index is 739. The minimum atomic E-state index is -0.268. The summed E-state index contributed by atoms with van der Waals surface area (Å²) in [6.45, 7) is 0. The summed E-state index contributed by atoms with van der Waals surface area (Å²) < 4.78 is 0.854. The first-order valence-corrected chi connectivity index (χ1v) is 6.72. The summed E-state index contributed by atoms with van der Waals surface area (Å²) in [4.78, 5) is 28.0. The maximum Gasteiger partial charge on any atom is 0.256 e. The third kappa shape index (κ3) is 2.28. The van der Waals surface area contributed by atoms with Crippen LogP contribution in [0.1, 0.15) is 15.9 Å². The first kappa shape index (κ1) is 12.7. The number of hydrogen-bond acceptors (Lipinski definition) is 3. The van der Waals surface area contributed by atoms with Crippen molar-refractivity contribution < 1.29 is 9.59 Å². The van der Waals surface area contributed by atoms with Crippen molar-refractivity contribution in [2.75, 3.05) is 5.32 Å². The molecule has 2 heterocycles. The van der Waals surface area contributed by atoms with Crippen LogP contribution >= 0.6 is 15.9 Å². The van der Waals surface area contributed by atoms with Gasteiger partial charge in [0.15, 0.2) is 5.78 Å². The molecule has 0 saturated carbocycles. The summed E-state index contributed by atoms with van der Waals surface area (Å²) in [7, 11) is 0. The number of pyridine rings is 1. The van der Waals surface area contributed by atoms with Crippen molar-refractivity contribution in [3.05, 3.63) is 64.4 Å². The minimum Gasteiger partial charge on any atom is -0.321 e. The molecule has 1 aliphatic rings. The maximum atomic E-state index is 12.1. The number of fused-ring (bicyclic) bond motifs is 1. The zero-order valence-electron chi connectivity index (χ0n) is 10.3. The van der Waals surface area contributed by atoms with Crippen LogP contribution < -0.4 is 5.32 Å². The number of nitrogens with one attached hydrogen (secondary N) is 1. The maximum absolute atomic E-state index is 12.1. The third-order valence-corrected chi connectivity index (χ3v) is 3.48. The number of anilines is 1. The average molecular weight is 329 g/mol. The first-order valence-electron chi connectivity index (χ1n) is 5.92. The van der Waals surface area contributed by atoms with Crippen molar-refractivity contribution in [3.8, 4) is 0 Å². The molecule has 0 bridgehead atoms. The van der Waals surface area contributed by atoms with E-state index in [-0.39, 0.29) is 11.7 Å². The van der Waals surface area contributed by atoms with Crippen molar-refractivity contribution >= 4 is 38.9 Å². The SMILES string of the molecule is O=C1Nc2ccc(Br)cc2C1=CC(=O)c1cccnc1. The molecule has 0 atom stereocenters. The van der Waals surface area contributed by atoms with E-state index in [0.29, 0.717) is 16.8 Å². The Morgan fingerprint density at radius 2 is 2.15 bits per heavy atom. The number of hydrogen-bond donors (Lipinski definition) is 1. The van der Waals surface area contributed by atoms with Crippen LogP contribution in [-0.4, -0.2) is 16.7 Å². The Labute approximate surface area is 123 Å². The second-order valence-electron chi connectivity index (χ2n) is 4.31. The molecule has 0 fully saturated rings. The summed E-state index contributed by atoms with van der Waals surface area (Å²) in [5, 5.41) is 2.74. The predicted molar refractivity (Wildman–Crippen MR) is 79.3 cm³/mol. The number of allylic oxidation sites excluding steroid dienone is 1. The highest BCUT2D eigenvalue weighted by molar-refractivity contribution is 9.10. The Morgan fingerprint density at radius 1 is 1.30 bits per heavy atom. The highest BCUT2D eigenvalue weighted by Gasteiger charge is 2.25. The average Bonchev–Trinajstić information content (AvgIpc) is 2.76. The Morgan fingerprint density at radius 3 is 2.90 bits per heavy atom. The van der Waals surface area contributed by atoms with Crippen LogP contribution in [0.5, 0.6) is 0 Å². The monoisotopic (exact) mass is 328 g/mol. The van der Waals surface area contributed by atoms with E-state index in [9.17, 15) is 9.59 Å². The van der Waals surface area contributed by atoms with Crippen molar-refractivity contribution in [1.29, 1.82) is 0 Å². The molecule has 0 spiro atoms. The molecule has 4 nitrogen and oxygen atoms in total. The lowest BCUT2D eigenvalue weighted by Crippen LogP contribution is -2.06. The van der Waals surface area contributed by atoms with Crippen LogP contribution in [0, 0.1) is 0 Å². The molecular weight excluding hydrogens is 320 g/mol. The summed E-state index contributed by atoms with van der Waals surface area (Å²) >= 11 is 3.36. The van der Waals surface area contributed by atoms with E-state index < -0.39 is 0 Å². The van der Waals surface area contributed by atoms with Gasteiger partial charge in [0.1, 0.15) is 0 Å². The molecule has 2 aromatic rings. The first-order chi connectivity index (χ1) is 9.65. The van der Waals surface area contributed by atoms with E-state index >= 15 is 0 Å². The smallest absolute Gasteiger partial charge is 0.256 e. The normalized spacial score (nSPS) is 15.1. The van der Waals surface area contributed by atoms with E-state index in [1.54, 1.807) is 24.4 Å².